The van der Waals surface area contributed by atoms with E-state index in [4.69, 9.17) is 5.11 Å². The summed E-state index contributed by atoms with van der Waals surface area (Å²) in [4.78, 5) is 22.3. The second kappa shape index (κ2) is 3.98. The van der Waals surface area contributed by atoms with Crippen LogP contribution >= 0.6 is 0 Å². The van der Waals surface area contributed by atoms with E-state index in [0.717, 1.165) is 6.21 Å². The lowest BCUT2D eigenvalue weighted by Crippen LogP contribution is -1.98. The molecule has 8 heavy (non-hydrogen) atoms. The molecule has 4 heteroatoms. The number of aliphatic imine (C=N–C) groups is 1. The van der Waals surface area contributed by atoms with Gasteiger partial charge in [-0.1, -0.05) is 0 Å². The van der Waals surface area contributed by atoms with Crippen LogP contribution in [-0.2, 0) is 9.59 Å². The first-order valence-corrected chi connectivity index (χ1v) is 1.92. The van der Waals surface area contributed by atoms with Crippen LogP contribution in [0.15, 0.2) is 4.99 Å². The van der Waals surface area contributed by atoms with E-state index in [1.165, 1.54) is 0 Å². The van der Waals surface area contributed by atoms with Gasteiger partial charge in [0.2, 0.25) is 0 Å². The van der Waals surface area contributed by atoms with Gasteiger partial charge in [-0.05, 0) is 0 Å². The molecule has 0 unspecified atom stereocenters. The Morgan fingerprint density at radius 2 is 2.38 bits per heavy atom. The summed E-state index contributed by atoms with van der Waals surface area (Å²) in [5, 5.41) is 7.91. The first-order chi connectivity index (χ1) is 3.77. The third kappa shape index (κ3) is 4.81. The van der Waals surface area contributed by atoms with Gasteiger partial charge in [0.1, 0.15) is 6.54 Å². The predicted octanol–water partition coefficient (Wildman–Crippen LogP) is -0.659. The molecule has 0 bridgehead atoms. The third-order valence-electron chi connectivity index (χ3n) is 0.393. The second-order valence-corrected chi connectivity index (χ2v) is 1.02. The summed E-state index contributed by atoms with van der Waals surface area (Å²) in [6.07, 6.45) is 1.34. The summed E-state index contributed by atoms with van der Waals surface area (Å²) in [7, 11) is 0. The van der Waals surface area contributed by atoms with E-state index in [1.807, 2.05) is 0 Å². The number of rotatable bonds is 3. The van der Waals surface area contributed by atoms with Gasteiger partial charge in [0.15, 0.2) is 6.29 Å². The summed E-state index contributed by atoms with van der Waals surface area (Å²) in [5.74, 6) is -1.04. The maximum absolute atomic E-state index is 9.64. The maximum Gasteiger partial charge on any atom is 0.325 e. The van der Waals surface area contributed by atoms with Crippen molar-refractivity contribution in [1.82, 2.24) is 0 Å². The van der Waals surface area contributed by atoms with Crippen molar-refractivity contribution in [2.45, 2.75) is 0 Å². The second-order valence-electron chi connectivity index (χ2n) is 1.02. The Morgan fingerprint density at radius 3 is 2.75 bits per heavy atom. The van der Waals surface area contributed by atoms with E-state index in [1.54, 1.807) is 0 Å². The number of carbonyl (C=O) groups is 2. The average Bonchev–Trinajstić information content (AvgIpc) is 1.66. The molecule has 0 aromatic carbocycles. The number of carboxylic acid groups (broad SMARTS) is 1. The van der Waals surface area contributed by atoms with E-state index in [2.05, 4.69) is 4.99 Å². The Kier molecular flexibility index (Phi) is 3.39. The fraction of sp³-hybridized carbons (Fsp3) is 0.250. The van der Waals surface area contributed by atoms with E-state index in [0.29, 0.717) is 6.29 Å². The van der Waals surface area contributed by atoms with E-state index < -0.39 is 5.97 Å². The average molecular weight is 115 g/mol. The van der Waals surface area contributed by atoms with Gasteiger partial charge in [0.05, 0.1) is 6.21 Å². The molecule has 0 atom stereocenters. The Labute approximate surface area is 45.8 Å². The molecule has 0 aromatic rings. The van der Waals surface area contributed by atoms with Crippen molar-refractivity contribution >= 4 is 18.5 Å². The molecular formula is C4H5NO3. The zero-order chi connectivity index (χ0) is 6.41. The summed E-state index contributed by atoms with van der Waals surface area (Å²) in [5.41, 5.74) is 0. The Balaban J connectivity index is 3.29. The highest BCUT2D eigenvalue weighted by Crippen LogP contribution is 1.64. The summed E-state index contributed by atoms with van der Waals surface area (Å²) < 4.78 is 0. The molecule has 0 amide bonds. The van der Waals surface area contributed by atoms with E-state index in [9.17, 15) is 9.59 Å². The normalized spacial score (nSPS) is 9.50. The maximum atomic E-state index is 9.64. The van der Waals surface area contributed by atoms with Gasteiger partial charge in [0, 0.05) is 0 Å². The van der Waals surface area contributed by atoms with Crippen molar-refractivity contribution in [3.63, 3.8) is 0 Å². The van der Waals surface area contributed by atoms with E-state index >= 15 is 0 Å². The summed E-state index contributed by atoms with van der Waals surface area (Å²) >= 11 is 0. The molecule has 0 fully saturated rings. The topological polar surface area (TPSA) is 66.7 Å². The number of carboxylic acids is 1. The van der Waals surface area contributed by atoms with Crippen molar-refractivity contribution in [2.24, 2.45) is 4.99 Å². The molecule has 44 valence electrons. The number of aldehydes is 1. The SMILES string of the molecule is O=CC=NCC(=O)O. The molecule has 4 nitrogen and oxygen atoms in total. The van der Waals surface area contributed by atoms with Crippen LogP contribution in [0.3, 0.4) is 0 Å². The number of hydrogen-bond donors (Lipinski definition) is 1. The van der Waals surface area contributed by atoms with Crippen molar-refractivity contribution < 1.29 is 14.7 Å². The highest BCUT2D eigenvalue weighted by atomic mass is 16.4. The zero-order valence-corrected chi connectivity index (χ0v) is 4.07. The first-order valence-electron chi connectivity index (χ1n) is 1.92. The molecule has 0 heterocycles. The number of carbonyl (C=O) groups excluding carboxylic acids is 1. The quantitative estimate of drug-likeness (QED) is 0.392. The van der Waals surface area contributed by atoms with E-state index in [-0.39, 0.29) is 6.54 Å². The molecule has 0 aliphatic carbocycles. The van der Waals surface area contributed by atoms with Crippen molar-refractivity contribution in [1.29, 1.82) is 0 Å². The summed E-state index contributed by atoms with van der Waals surface area (Å²) in [6.45, 7) is -0.335. The van der Waals surface area contributed by atoms with Gasteiger partial charge in [-0.2, -0.15) is 0 Å². The highest BCUT2D eigenvalue weighted by Gasteiger charge is 1.87. The molecule has 0 aliphatic rings. The van der Waals surface area contributed by atoms with Crippen LogP contribution < -0.4 is 0 Å². The fourth-order valence-corrected chi connectivity index (χ4v) is 0.174. The fourth-order valence-electron chi connectivity index (χ4n) is 0.174. The lowest BCUT2D eigenvalue weighted by atomic mass is 10.7. The molecular weight excluding hydrogens is 110 g/mol. The number of aliphatic carboxylic acids is 1. The van der Waals surface area contributed by atoms with Gasteiger partial charge in [-0.15, -0.1) is 0 Å². The first kappa shape index (κ1) is 6.81. The molecule has 0 saturated carbocycles. The third-order valence-corrected chi connectivity index (χ3v) is 0.393. The smallest absolute Gasteiger partial charge is 0.325 e. The standard InChI is InChI=1S/C4H5NO3/c6-2-1-5-3-4(7)8/h1-2H,3H2,(H,7,8). The van der Waals surface area contributed by atoms with Gasteiger partial charge in [-0.3, -0.25) is 14.6 Å². The van der Waals surface area contributed by atoms with Gasteiger partial charge in [0.25, 0.3) is 0 Å². The van der Waals surface area contributed by atoms with Crippen LogP contribution in [0.25, 0.3) is 0 Å². The Bertz CT molecular complexity index is 118. The highest BCUT2D eigenvalue weighted by molar-refractivity contribution is 6.13. The Morgan fingerprint density at radius 1 is 1.75 bits per heavy atom. The van der Waals surface area contributed by atoms with Crippen LogP contribution in [0.2, 0.25) is 0 Å². The monoisotopic (exact) mass is 115 g/mol. The molecule has 0 spiro atoms. The van der Waals surface area contributed by atoms with Crippen molar-refractivity contribution in [2.75, 3.05) is 6.54 Å². The van der Waals surface area contributed by atoms with Crippen molar-refractivity contribution in [3.8, 4) is 0 Å². The largest absolute Gasteiger partial charge is 0.480 e. The van der Waals surface area contributed by atoms with Crippen LogP contribution in [0.4, 0.5) is 0 Å². The van der Waals surface area contributed by atoms with Gasteiger partial charge in [-0.25, -0.2) is 0 Å². The van der Waals surface area contributed by atoms with Crippen LogP contribution in [-0.4, -0.2) is 30.1 Å². The molecule has 0 saturated heterocycles. The van der Waals surface area contributed by atoms with Gasteiger partial charge >= 0.3 is 5.97 Å². The molecule has 0 rings (SSSR count). The van der Waals surface area contributed by atoms with Crippen LogP contribution in [0.5, 0.6) is 0 Å². The van der Waals surface area contributed by atoms with Crippen LogP contribution in [0.1, 0.15) is 0 Å². The van der Waals surface area contributed by atoms with Crippen LogP contribution in [0, 0.1) is 0 Å². The van der Waals surface area contributed by atoms with Crippen molar-refractivity contribution in [3.05, 3.63) is 0 Å². The Hall–Kier alpha value is -1.19. The molecule has 0 aliphatic heterocycles. The minimum atomic E-state index is -1.04. The minimum absolute atomic E-state index is 0.335. The molecule has 0 aromatic heterocycles. The minimum Gasteiger partial charge on any atom is -0.480 e. The van der Waals surface area contributed by atoms with Gasteiger partial charge < -0.3 is 5.11 Å². The lowest BCUT2D eigenvalue weighted by Gasteiger charge is -1.78. The zero-order valence-electron chi connectivity index (χ0n) is 4.07. The lowest BCUT2D eigenvalue weighted by molar-refractivity contribution is -0.135. The number of nitrogens with zero attached hydrogens (tertiary/aromatic N) is 1. The molecule has 0 radical (unpaired) electrons. The predicted molar refractivity (Wildman–Crippen MR) is 27.1 cm³/mol. The summed E-state index contributed by atoms with van der Waals surface area (Å²) in [6, 6.07) is 0. The number of hydrogen-bond acceptors (Lipinski definition) is 3. The molecule has 1 N–H and O–H groups in total.